The molecular formula is C11H13ClO6. The Bertz CT molecular complexity index is 422. The standard InChI is InChI=1S/C11H13ClO6/c12-6-1-2-7(11(17)8(14)4-13)9(3-6)18-5-10(15)16/h1-3,8,11,13-14,17H,4-5H2,(H,15,16). The Labute approximate surface area is 108 Å². The second-order valence-corrected chi connectivity index (χ2v) is 4.00. The number of aliphatic hydroxyl groups is 3. The highest BCUT2D eigenvalue weighted by atomic mass is 35.5. The number of hydrogen-bond donors (Lipinski definition) is 4. The van der Waals surface area contributed by atoms with Crippen molar-refractivity contribution in [2.45, 2.75) is 12.2 Å². The Hall–Kier alpha value is -1.34. The lowest BCUT2D eigenvalue weighted by Crippen LogP contribution is -2.23. The van der Waals surface area contributed by atoms with Crippen LogP contribution < -0.4 is 4.74 Å². The van der Waals surface area contributed by atoms with E-state index in [1.165, 1.54) is 18.2 Å². The number of carboxylic acid groups (broad SMARTS) is 1. The average molecular weight is 277 g/mol. The van der Waals surface area contributed by atoms with Crippen molar-refractivity contribution < 1.29 is 30.0 Å². The second-order valence-electron chi connectivity index (χ2n) is 3.56. The molecule has 100 valence electrons. The van der Waals surface area contributed by atoms with E-state index < -0.39 is 31.4 Å². The molecule has 0 heterocycles. The topological polar surface area (TPSA) is 107 Å². The quantitative estimate of drug-likeness (QED) is 0.591. The molecule has 6 nitrogen and oxygen atoms in total. The van der Waals surface area contributed by atoms with Crippen molar-refractivity contribution in [2.75, 3.05) is 13.2 Å². The Morgan fingerprint density at radius 3 is 2.61 bits per heavy atom. The van der Waals surface area contributed by atoms with Gasteiger partial charge >= 0.3 is 5.97 Å². The number of carboxylic acids is 1. The monoisotopic (exact) mass is 276 g/mol. The summed E-state index contributed by atoms with van der Waals surface area (Å²) in [5.74, 6) is -1.14. The Balaban J connectivity index is 2.98. The number of ether oxygens (including phenoxy) is 1. The molecule has 0 fully saturated rings. The van der Waals surface area contributed by atoms with Gasteiger partial charge in [-0.15, -0.1) is 0 Å². The summed E-state index contributed by atoms with van der Waals surface area (Å²) in [5, 5.41) is 36.7. The summed E-state index contributed by atoms with van der Waals surface area (Å²) in [4.78, 5) is 10.4. The van der Waals surface area contributed by atoms with Crippen molar-refractivity contribution >= 4 is 17.6 Å². The minimum atomic E-state index is -1.39. The smallest absolute Gasteiger partial charge is 0.341 e. The molecule has 0 aliphatic rings. The third-order valence-corrected chi connectivity index (χ3v) is 2.43. The van der Waals surface area contributed by atoms with Crippen LogP contribution in [0.3, 0.4) is 0 Å². The van der Waals surface area contributed by atoms with Crippen LogP contribution in [0.2, 0.25) is 5.02 Å². The molecule has 0 aliphatic carbocycles. The molecule has 18 heavy (non-hydrogen) atoms. The highest BCUT2D eigenvalue weighted by Gasteiger charge is 2.21. The molecule has 0 aliphatic heterocycles. The van der Waals surface area contributed by atoms with Gasteiger partial charge < -0.3 is 25.2 Å². The van der Waals surface area contributed by atoms with Gasteiger partial charge in [0.1, 0.15) is 18.0 Å². The maximum absolute atomic E-state index is 10.4. The van der Waals surface area contributed by atoms with Gasteiger partial charge in [0.05, 0.1) is 6.61 Å². The number of carbonyl (C=O) groups is 1. The van der Waals surface area contributed by atoms with Crippen LogP contribution in [0.25, 0.3) is 0 Å². The summed E-state index contributed by atoms with van der Waals surface area (Å²) >= 11 is 5.73. The third kappa shape index (κ3) is 3.85. The highest BCUT2D eigenvalue weighted by Crippen LogP contribution is 2.30. The van der Waals surface area contributed by atoms with Crippen molar-refractivity contribution in [3.63, 3.8) is 0 Å². The molecule has 0 saturated heterocycles. The summed E-state index contributed by atoms with van der Waals surface area (Å²) < 4.78 is 4.96. The van der Waals surface area contributed by atoms with Crippen LogP contribution in [0.15, 0.2) is 18.2 Å². The van der Waals surface area contributed by atoms with Crippen LogP contribution in [-0.2, 0) is 4.79 Å². The molecule has 0 saturated carbocycles. The number of halogens is 1. The number of hydrogen-bond acceptors (Lipinski definition) is 5. The number of benzene rings is 1. The van der Waals surface area contributed by atoms with Crippen molar-refractivity contribution in [2.24, 2.45) is 0 Å². The molecular weight excluding hydrogens is 264 g/mol. The lowest BCUT2D eigenvalue weighted by molar-refractivity contribution is -0.139. The van der Waals surface area contributed by atoms with Crippen molar-refractivity contribution in [3.8, 4) is 5.75 Å². The number of aliphatic carboxylic acids is 1. The molecule has 2 atom stereocenters. The summed E-state index contributed by atoms with van der Waals surface area (Å²) in [6.07, 6.45) is -2.78. The fourth-order valence-corrected chi connectivity index (χ4v) is 1.49. The fraction of sp³-hybridized carbons (Fsp3) is 0.364. The summed E-state index contributed by atoms with van der Waals surface area (Å²) in [7, 11) is 0. The van der Waals surface area contributed by atoms with E-state index >= 15 is 0 Å². The third-order valence-electron chi connectivity index (χ3n) is 2.20. The number of aliphatic hydroxyl groups excluding tert-OH is 3. The van der Waals surface area contributed by atoms with Crippen molar-refractivity contribution in [1.82, 2.24) is 0 Å². The second kappa shape index (κ2) is 6.55. The molecule has 1 aromatic carbocycles. The van der Waals surface area contributed by atoms with Gasteiger partial charge in [0.2, 0.25) is 0 Å². The molecule has 0 bridgehead atoms. The summed E-state index contributed by atoms with van der Waals surface area (Å²) in [5.41, 5.74) is 0.155. The predicted octanol–water partition coefficient (Wildman–Crippen LogP) is 0.190. The molecule has 0 amide bonds. The van der Waals surface area contributed by atoms with Gasteiger partial charge in [-0.3, -0.25) is 0 Å². The van der Waals surface area contributed by atoms with Gasteiger partial charge in [0.15, 0.2) is 6.61 Å². The maximum Gasteiger partial charge on any atom is 0.341 e. The first-order valence-corrected chi connectivity index (χ1v) is 5.44. The SMILES string of the molecule is O=C(O)COc1cc(Cl)ccc1C(O)C(O)CO. The van der Waals surface area contributed by atoms with Crippen LogP contribution in [0.4, 0.5) is 0 Å². The van der Waals surface area contributed by atoms with E-state index in [0.29, 0.717) is 5.02 Å². The van der Waals surface area contributed by atoms with Crippen molar-refractivity contribution in [3.05, 3.63) is 28.8 Å². The molecule has 7 heteroatoms. The Morgan fingerprint density at radius 2 is 2.06 bits per heavy atom. The predicted molar refractivity (Wildman–Crippen MR) is 62.6 cm³/mol. The number of rotatable bonds is 6. The molecule has 1 aromatic rings. The highest BCUT2D eigenvalue weighted by molar-refractivity contribution is 6.30. The van der Waals surface area contributed by atoms with E-state index in [1.807, 2.05) is 0 Å². The maximum atomic E-state index is 10.4. The lowest BCUT2D eigenvalue weighted by atomic mass is 10.0. The van der Waals surface area contributed by atoms with Gasteiger partial charge in [-0.05, 0) is 12.1 Å². The molecule has 0 radical (unpaired) electrons. The zero-order chi connectivity index (χ0) is 13.7. The normalized spacial score (nSPS) is 14.0. The van der Waals surface area contributed by atoms with Crippen molar-refractivity contribution in [1.29, 1.82) is 0 Å². The minimum Gasteiger partial charge on any atom is -0.481 e. The van der Waals surface area contributed by atoms with Crippen LogP contribution in [0, 0.1) is 0 Å². The van der Waals surface area contributed by atoms with E-state index in [1.54, 1.807) is 0 Å². The summed E-state index contributed by atoms with van der Waals surface area (Å²) in [6.45, 7) is -1.24. The molecule has 0 spiro atoms. The van der Waals surface area contributed by atoms with Crippen LogP contribution in [0.5, 0.6) is 5.75 Å². The van der Waals surface area contributed by atoms with E-state index in [0.717, 1.165) is 0 Å². The Morgan fingerprint density at radius 1 is 1.39 bits per heavy atom. The minimum absolute atomic E-state index is 0.0462. The molecule has 2 unspecified atom stereocenters. The average Bonchev–Trinajstić information content (AvgIpc) is 2.34. The largest absolute Gasteiger partial charge is 0.481 e. The van der Waals surface area contributed by atoms with E-state index in [9.17, 15) is 15.0 Å². The van der Waals surface area contributed by atoms with Crippen LogP contribution in [0.1, 0.15) is 11.7 Å². The fourth-order valence-electron chi connectivity index (χ4n) is 1.32. The van der Waals surface area contributed by atoms with E-state index in [2.05, 4.69) is 0 Å². The summed E-state index contributed by atoms with van der Waals surface area (Å²) in [6, 6.07) is 4.17. The Kier molecular flexibility index (Phi) is 5.36. The van der Waals surface area contributed by atoms with Gasteiger partial charge in [0, 0.05) is 10.6 Å². The first kappa shape index (κ1) is 14.7. The zero-order valence-electron chi connectivity index (χ0n) is 9.28. The van der Waals surface area contributed by atoms with Gasteiger partial charge in [0.25, 0.3) is 0 Å². The van der Waals surface area contributed by atoms with E-state index in [4.69, 9.17) is 26.6 Å². The van der Waals surface area contributed by atoms with Gasteiger partial charge in [-0.1, -0.05) is 17.7 Å². The first-order chi connectivity index (χ1) is 8.45. The van der Waals surface area contributed by atoms with Gasteiger partial charge in [-0.25, -0.2) is 4.79 Å². The first-order valence-electron chi connectivity index (χ1n) is 5.06. The van der Waals surface area contributed by atoms with Crippen LogP contribution in [-0.4, -0.2) is 45.7 Å². The van der Waals surface area contributed by atoms with E-state index in [-0.39, 0.29) is 11.3 Å². The lowest BCUT2D eigenvalue weighted by Gasteiger charge is -2.19. The molecule has 4 N–H and O–H groups in total. The molecule has 0 aromatic heterocycles. The van der Waals surface area contributed by atoms with Crippen LogP contribution >= 0.6 is 11.6 Å². The zero-order valence-corrected chi connectivity index (χ0v) is 10.0. The van der Waals surface area contributed by atoms with Gasteiger partial charge in [-0.2, -0.15) is 0 Å². The molecule has 1 rings (SSSR count).